The van der Waals surface area contributed by atoms with E-state index in [9.17, 15) is 13.2 Å². The molecule has 20 heavy (non-hydrogen) atoms. The van der Waals surface area contributed by atoms with Gasteiger partial charge in [0.2, 0.25) is 0 Å². The molecule has 0 spiro atoms. The first kappa shape index (κ1) is 14.2. The number of hydrogen-bond acceptors (Lipinski definition) is 2. The van der Waals surface area contributed by atoms with E-state index in [-0.39, 0.29) is 18.1 Å². The lowest BCUT2D eigenvalue weighted by Crippen LogP contribution is -2.07. The molecule has 0 saturated heterocycles. The molecule has 0 aromatic heterocycles. The van der Waals surface area contributed by atoms with Crippen molar-refractivity contribution >= 4 is 5.69 Å². The molecule has 2 rings (SSSR count). The average molecular weight is 281 g/mol. The fourth-order valence-electron chi connectivity index (χ4n) is 1.81. The molecular weight excluding hydrogens is 267 g/mol. The first-order valence-corrected chi connectivity index (χ1v) is 6.09. The Bertz CT molecular complexity index is 587. The molecule has 0 amide bonds. The SMILES string of the molecule is Cc1ccc(NCc2ccccc2OC(F)F)c(F)c1. The van der Waals surface area contributed by atoms with Crippen LogP contribution in [-0.2, 0) is 6.54 Å². The summed E-state index contributed by atoms with van der Waals surface area (Å²) in [4.78, 5) is 0. The van der Waals surface area contributed by atoms with Crippen LogP contribution < -0.4 is 10.1 Å². The first-order valence-electron chi connectivity index (χ1n) is 6.09. The van der Waals surface area contributed by atoms with Crippen LogP contribution >= 0.6 is 0 Å². The van der Waals surface area contributed by atoms with Crippen molar-refractivity contribution in [3.8, 4) is 5.75 Å². The third kappa shape index (κ3) is 3.66. The summed E-state index contributed by atoms with van der Waals surface area (Å²) in [7, 11) is 0. The van der Waals surface area contributed by atoms with Crippen LogP contribution in [0.3, 0.4) is 0 Å². The van der Waals surface area contributed by atoms with Crippen molar-refractivity contribution in [3.63, 3.8) is 0 Å². The van der Waals surface area contributed by atoms with Gasteiger partial charge in [-0.25, -0.2) is 4.39 Å². The van der Waals surface area contributed by atoms with Crippen LogP contribution in [0.15, 0.2) is 42.5 Å². The second-order valence-electron chi connectivity index (χ2n) is 4.32. The van der Waals surface area contributed by atoms with Crippen LogP contribution in [0.5, 0.6) is 5.75 Å². The fraction of sp³-hybridized carbons (Fsp3) is 0.200. The predicted molar refractivity (Wildman–Crippen MR) is 71.5 cm³/mol. The molecule has 0 fully saturated rings. The number of halogens is 3. The van der Waals surface area contributed by atoms with E-state index in [0.717, 1.165) is 5.56 Å². The smallest absolute Gasteiger partial charge is 0.387 e. The zero-order chi connectivity index (χ0) is 14.5. The van der Waals surface area contributed by atoms with Gasteiger partial charge >= 0.3 is 6.61 Å². The summed E-state index contributed by atoms with van der Waals surface area (Å²) in [6, 6.07) is 11.2. The lowest BCUT2D eigenvalue weighted by Gasteiger charge is -2.12. The number of alkyl halides is 2. The summed E-state index contributed by atoms with van der Waals surface area (Å²) in [5, 5.41) is 2.87. The molecule has 0 bridgehead atoms. The van der Waals surface area contributed by atoms with Gasteiger partial charge in [0, 0.05) is 12.1 Å². The topological polar surface area (TPSA) is 21.3 Å². The number of hydrogen-bond donors (Lipinski definition) is 1. The van der Waals surface area contributed by atoms with Gasteiger partial charge in [-0.2, -0.15) is 8.78 Å². The third-order valence-electron chi connectivity index (χ3n) is 2.78. The molecule has 5 heteroatoms. The van der Waals surface area contributed by atoms with Crippen molar-refractivity contribution in [1.29, 1.82) is 0 Å². The highest BCUT2D eigenvalue weighted by Gasteiger charge is 2.09. The van der Waals surface area contributed by atoms with Crippen molar-refractivity contribution in [2.75, 3.05) is 5.32 Å². The summed E-state index contributed by atoms with van der Waals surface area (Å²) in [6.45, 7) is -0.895. The molecule has 2 aromatic rings. The van der Waals surface area contributed by atoms with E-state index < -0.39 is 6.61 Å². The standard InChI is InChI=1S/C15H14F3NO/c1-10-6-7-13(12(16)8-10)19-9-11-4-2-3-5-14(11)20-15(17)18/h2-8,15,19H,9H2,1H3. The summed E-state index contributed by atoms with van der Waals surface area (Å²) in [6.07, 6.45) is 0. The van der Waals surface area contributed by atoms with Crippen LogP contribution in [0.1, 0.15) is 11.1 Å². The highest BCUT2D eigenvalue weighted by atomic mass is 19.3. The van der Waals surface area contributed by atoms with E-state index in [4.69, 9.17) is 0 Å². The Kier molecular flexibility index (Phi) is 4.50. The number of anilines is 1. The van der Waals surface area contributed by atoms with Crippen LogP contribution in [-0.4, -0.2) is 6.61 Å². The number of rotatable bonds is 5. The van der Waals surface area contributed by atoms with E-state index >= 15 is 0 Å². The summed E-state index contributed by atoms with van der Waals surface area (Å²) < 4.78 is 42.6. The van der Waals surface area contributed by atoms with Crippen LogP contribution in [0.4, 0.5) is 18.9 Å². The number of nitrogens with one attached hydrogen (secondary N) is 1. The summed E-state index contributed by atoms with van der Waals surface area (Å²) in [5.41, 5.74) is 1.67. The average Bonchev–Trinajstić information content (AvgIpc) is 2.39. The molecule has 0 aliphatic carbocycles. The maximum atomic E-state index is 13.7. The fourth-order valence-corrected chi connectivity index (χ4v) is 1.81. The van der Waals surface area contributed by atoms with E-state index in [1.54, 1.807) is 37.3 Å². The zero-order valence-electron chi connectivity index (χ0n) is 10.9. The molecule has 0 heterocycles. The van der Waals surface area contributed by atoms with Crippen molar-refractivity contribution in [1.82, 2.24) is 0 Å². The van der Waals surface area contributed by atoms with Gasteiger partial charge in [-0.3, -0.25) is 0 Å². The summed E-state index contributed by atoms with van der Waals surface area (Å²) >= 11 is 0. The van der Waals surface area contributed by atoms with Crippen LogP contribution in [0, 0.1) is 12.7 Å². The molecule has 0 atom stereocenters. The number of aryl methyl sites for hydroxylation is 1. The Balaban J connectivity index is 2.10. The van der Waals surface area contributed by atoms with Gasteiger partial charge in [-0.05, 0) is 30.7 Å². The maximum absolute atomic E-state index is 13.7. The van der Waals surface area contributed by atoms with Crippen LogP contribution in [0.2, 0.25) is 0 Å². The van der Waals surface area contributed by atoms with Gasteiger partial charge in [0.05, 0.1) is 5.69 Å². The van der Waals surface area contributed by atoms with E-state index in [2.05, 4.69) is 10.1 Å². The summed E-state index contributed by atoms with van der Waals surface area (Å²) in [5.74, 6) is -0.292. The lowest BCUT2D eigenvalue weighted by molar-refractivity contribution is -0.0504. The Morgan fingerprint density at radius 2 is 1.90 bits per heavy atom. The lowest BCUT2D eigenvalue weighted by atomic mass is 10.2. The Labute approximate surface area is 115 Å². The van der Waals surface area contributed by atoms with Gasteiger partial charge in [0.25, 0.3) is 0 Å². The minimum absolute atomic E-state index is 0.0857. The molecule has 0 unspecified atom stereocenters. The molecule has 0 saturated carbocycles. The molecular formula is C15H14F3NO. The number of para-hydroxylation sites is 1. The van der Waals surface area contributed by atoms with E-state index in [0.29, 0.717) is 11.3 Å². The predicted octanol–water partition coefficient (Wildman–Crippen LogP) is 4.35. The molecule has 0 radical (unpaired) electrons. The van der Waals surface area contributed by atoms with Crippen molar-refractivity contribution in [2.24, 2.45) is 0 Å². The Hall–Kier alpha value is -2.17. The van der Waals surface area contributed by atoms with Crippen molar-refractivity contribution in [3.05, 3.63) is 59.4 Å². The Morgan fingerprint density at radius 3 is 2.60 bits per heavy atom. The van der Waals surface area contributed by atoms with Gasteiger partial charge in [0.15, 0.2) is 0 Å². The minimum atomic E-state index is -2.88. The highest BCUT2D eigenvalue weighted by molar-refractivity contribution is 5.47. The molecule has 2 nitrogen and oxygen atoms in total. The normalized spacial score (nSPS) is 10.7. The van der Waals surface area contributed by atoms with Gasteiger partial charge < -0.3 is 10.1 Å². The zero-order valence-corrected chi connectivity index (χ0v) is 10.9. The minimum Gasteiger partial charge on any atom is -0.434 e. The molecule has 2 aromatic carbocycles. The van der Waals surface area contributed by atoms with E-state index in [1.807, 2.05) is 0 Å². The largest absolute Gasteiger partial charge is 0.434 e. The van der Waals surface area contributed by atoms with Gasteiger partial charge in [-0.1, -0.05) is 24.3 Å². The van der Waals surface area contributed by atoms with Gasteiger partial charge in [-0.15, -0.1) is 0 Å². The number of ether oxygens (including phenoxy) is 1. The quantitative estimate of drug-likeness (QED) is 0.879. The van der Waals surface area contributed by atoms with Crippen molar-refractivity contribution < 1.29 is 17.9 Å². The highest BCUT2D eigenvalue weighted by Crippen LogP contribution is 2.22. The Morgan fingerprint density at radius 1 is 1.15 bits per heavy atom. The van der Waals surface area contributed by atoms with E-state index in [1.165, 1.54) is 12.1 Å². The number of benzene rings is 2. The first-order chi connectivity index (χ1) is 9.56. The molecule has 0 aliphatic rings. The molecule has 0 aliphatic heterocycles. The molecule has 106 valence electrons. The monoisotopic (exact) mass is 281 g/mol. The van der Waals surface area contributed by atoms with Gasteiger partial charge in [0.1, 0.15) is 11.6 Å². The second kappa shape index (κ2) is 6.32. The maximum Gasteiger partial charge on any atom is 0.387 e. The molecule has 1 N–H and O–H groups in total. The second-order valence-corrected chi connectivity index (χ2v) is 4.32. The third-order valence-corrected chi connectivity index (χ3v) is 2.78. The van der Waals surface area contributed by atoms with Crippen LogP contribution in [0.25, 0.3) is 0 Å². The van der Waals surface area contributed by atoms with Crippen molar-refractivity contribution in [2.45, 2.75) is 20.1 Å².